The Morgan fingerprint density at radius 2 is 1.97 bits per heavy atom. The van der Waals surface area contributed by atoms with Crippen molar-refractivity contribution in [3.05, 3.63) is 69.6 Å². The van der Waals surface area contributed by atoms with E-state index in [1.807, 2.05) is 64.9 Å². The molecule has 3 aliphatic rings. The number of aliphatic hydroxyl groups is 1. The summed E-state index contributed by atoms with van der Waals surface area (Å²) in [7, 11) is 1.64. The van der Waals surface area contributed by atoms with Crippen molar-refractivity contribution in [2.75, 3.05) is 40.0 Å². The lowest BCUT2D eigenvalue weighted by atomic mass is 9.88. The van der Waals surface area contributed by atoms with E-state index in [2.05, 4.69) is 4.90 Å². The summed E-state index contributed by atoms with van der Waals surface area (Å²) >= 11 is 0. The maximum Gasteiger partial charge on any atom is 0.258 e. The summed E-state index contributed by atoms with van der Waals surface area (Å²) in [6, 6.07) is 11.0. The van der Waals surface area contributed by atoms with E-state index in [0.29, 0.717) is 45.0 Å². The Kier molecular flexibility index (Phi) is 6.77. The van der Waals surface area contributed by atoms with Crippen molar-refractivity contribution in [2.45, 2.75) is 32.1 Å². The third-order valence-corrected chi connectivity index (χ3v) is 7.69. The zero-order valence-electron chi connectivity index (χ0n) is 20.3. The highest BCUT2D eigenvalue weighted by atomic mass is 16.5. The molecule has 0 saturated carbocycles. The highest BCUT2D eigenvalue weighted by Gasteiger charge is 2.56. The Hall–Kier alpha value is -2.94. The minimum atomic E-state index is -0.489. The number of methoxy groups -OCH3 is 1. The number of aromatic nitrogens is 1. The number of likely N-dealkylation sites (tertiary alicyclic amines) is 1. The van der Waals surface area contributed by atoms with Crippen LogP contribution in [0.3, 0.4) is 0 Å². The molecule has 1 amide bonds. The number of hydrogen-bond acceptors (Lipinski definition) is 6. The zero-order valence-corrected chi connectivity index (χ0v) is 20.3. The molecule has 2 fully saturated rings. The Bertz CT molecular complexity index is 1170. The van der Waals surface area contributed by atoms with Crippen molar-refractivity contribution in [1.82, 2.24) is 14.4 Å². The second-order valence-electron chi connectivity index (χ2n) is 9.45. The number of benzene rings is 1. The monoisotopic (exact) mass is 479 g/mol. The van der Waals surface area contributed by atoms with Crippen LogP contribution in [0, 0.1) is 11.8 Å². The maximum absolute atomic E-state index is 13.9. The molecule has 0 bridgehead atoms. The Morgan fingerprint density at radius 3 is 2.69 bits per heavy atom. The molecular weight excluding hydrogens is 446 g/mol. The summed E-state index contributed by atoms with van der Waals surface area (Å²) in [6.07, 6.45) is 3.69. The van der Waals surface area contributed by atoms with Crippen LogP contribution in [0.15, 0.2) is 47.3 Å². The van der Waals surface area contributed by atoms with Crippen LogP contribution >= 0.6 is 0 Å². The molecule has 8 heteroatoms. The number of allylic oxidation sites excluding steroid dienone is 1. The number of para-hydroxylation sites is 1. The molecule has 0 unspecified atom stereocenters. The van der Waals surface area contributed by atoms with Gasteiger partial charge >= 0.3 is 0 Å². The molecule has 1 aromatic heterocycles. The van der Waals surface area contributed by atoms with E-state index in [4.69, 9.17) is 9.47 Å². The van der Waals surface area contributed by atoms with E-state index in [9.17, 15) is 14.7 Å². The molecule has 35 heavy (non-hydrogen) atoms. The van der Waals surface area contributed by atoms with Gasteiger partial charge in [-0.05, 0) is 25.1 Å². The molecule has 4 atom stereocenters. The average Bonchev–Trinajstić information content (AvgIpc) is 3.41. The fraction of sp³-hybridized carbons (Fsp3) is 0.481. The second-order valence-corrected chi connectivity index (χ2v) is 9.45. The van der Waals surface area contributed by atoms with Gasteiger partial charge in [-0.1, -0.05) is 30.4 Å². The Morgan fingerprint density at radius 1 is 1.20 bits per heavy atom. The molecule has 5 rings (SSSR count). The molecule has 8 nitrogen and oxygen atoms in total. The number of amides is 1. The largest absolute Gasteiger partial charge is 0.496 e. The molecule has 0 aliphatic carbocycles. The van der Waals surface area contributed by atoms with Gasteiger partial charge in [0.1, 0.15) is 5.75 Å². The summed E-state index contributed by atoms with van der Waals surface area (Å²) in [5.41, 5.74) is 2.49. The Balaban J connectivity index is 1.59. The number of hydrogen-bond donors (Lipinski definition) is 1. The van der Waals surface area contributed by atoms with Gasteiger partial charge in [0, 0.05) is 61.4 Å². The fourth-order valence-corrected chi connectivity index (χ4v) is 6.09. The number of ether oxygens (including phenoxy) is 2. The van der Waals surface area contributed by atoms with Crippen LogP contribution in [0.2, 0.25) is 0 Å². The summed E-state index contributed by atoms with van der Waals surface area (Å²) < 4.78 is 12.9. The number of rotatable bonds is 6. The normalized spacial score (nSPS) is 26.2. The van der Waals surface area contributed by atoms with Gasteiger partial charge in [-0.25, -0.2) is 0 Å². The highest BCUT2D eigenvalue weighted by Crippen LogP contribution is 2.50. The van der Waals surface area contributed by atoms with Crippen molar-refractivity contribution >= 4 is 12.0 Å². The quantitative estimate of drug-likeness (QED) is 0.682. The lowest BCUT2D eigenvalue weighted by molar-refractivity contribution is -0.142. The van der Waals surface area contributed by atoms with Gasteiger partial charge in [0.05, 0.1) is 32.4 Å². The van der Waals surface area contributed by atoms with Gasteiger partial charge in [0.15, 0.2) is 0 Å². The number of carbonyl (C=O) groups excluding carboxylic acids is 1. The summed E-state index contributed by atoms with van der Waals surface area (Å²) in [5, 5.41) is 10.6. The number of aliphatic hydroxyl groups excluding tert-OH is 1. The van der Waals surface area contributed by atoms with Gasteiger partial charge in [-0.3, -0.25) is 14.5 Å². The minimum Gasteiger partial charge on any atom is -0.496 e. The topological polar surface area (TPSA) is 84.2 Å². The van der Waals surface area contributed by atoms with Crippen LogP contribution in [-0.2, 0) is 22.6 Å². The van der Waals surface area contributed by atoms with Gasteiger partial charge in [-0.2, -0.15) is 0 Å². The van der Waals surface area contributed by atoms with Crippen molar-refractivity contribution < 1.29 is 19.4 Å². The minimum absolute atomic E-state index is 0.0241. The summed E-state index contributed by atoms with van der Waals surface area (Å²) in [5.74, 6) is 0.455. The van der Waals surface area contributed by atoms with Crippen LogP contribution in [0.1, 0.15) is 29.8 Å². The maximum atomic E-state index is 13.9. The molecule has 3 aliphatic heterocycles. The first-order valence-electron chi connectivity index (χ1n) is 12.3. The Labute approximate surface area is 205 Å². The van der Waals surface area contributed by atoms with Crippen molar-refractivity contribution in [3.63, 3.8) is 0 Å². The van der Waals surface area contributed by atoms with E-state index in [1.54, 1.807) is 7.11 Å². The van der Waals surface area contributed by atoms with Crippen molar-refractivity contribution in [3.8, 4) is 5.75 Å². The number of nitrogens with zero attached hydrogens (tertiary/aromatic N) is 3. The molecule has 1 aromatic carbocycles. The van der Waals surface area contributed by atoms with Crippen molar-refractivity contribution in [1.29, 1.82) is 0 Å². The summed E-state index contributed by atoms with van der Waals surface area (Å²) in [4.78, 5) is 31.2. The predicted octanol–water partition coefficient (Wildman–Crippen LogP) is 1.91. The first kappa shape index (κ1) is 23.8. The van der Waals surface area contributed by atoms with Gasteiger partial charge < -0.3 is 24.0 Å². The van der Waals surface area contributed by atoms with E-state index in [0.717, 1.165) is 17.0 Å². The molecule has 0 spiro atoms. The molecule has 2 saturated heterocycles. The van der Waals surface area contributed by atoms with Gasteiger partial charge in [-0.15, -0.1) is 0 Å². The first-order chi connectivity index (χ1) is 17.1. The number of morpholine rings is 1. The lowest BCUT2D eigenvalue weighted by Gasteiger charge is -2.36. The summed E-state index contributed by atoms with van der Waals surface area (Å²) in [6.45, 7) is 4.89. The number of carbonyl (C=O) groups is 1. The van der Waals surface area contributed by atoms with E-state index in [1.165, 1.54) is 0 Å². The number of fused-ring (bicyclic) bond motifs is 3. The van der Waals surface area contributed by atoms with Crippen LogP contribution < -0.4 is 10.3 Å². The molecule has 2 aromatic rings. The molecular formula is C27H33N3O5. The molecule has 0 radical (unpaired) electrons. The van der Waals surface area contributed by atoms with E-state index in [-0.39, 0.29) is 36.0 Å². The van der Waals surface area contributed by atoms with E-state index >= 15 is 0 Å². The molecule has 4 heterocycles. The van der Waals surface area contributed by atoms with Crippen LogP contribution in [-0.4, -0.2) is 71.4 Å². The predicted molar refractivity (Wildman–Crippen MR) is 132 cm³/mol. The highest BCUT2D eigenvalue weighted by molar-refractivity contribution is 5.83. The molecule has 186 valence electrons. The van der Waals surface area contributed by atoms with Crippen LogP contribution in [0.25, 0.3) is 6.08 Å². The van der Waals surface area contributed by atoms with Gasteiger partial charge in [0.2, 0.25) is 5.91 Å². The lowest BCUT2D eigenvalue weighted by Crippen LogP contribution is -2.52. The second kappa shape index (κ2) is 9.97. The zero-order chi connectivity index (χ0) is 24.5. The average molecular weight is 480 g/mol. The number of pyridine rings is 1. The van der Waals surface area contributed by atoms with Gasteiger partial charge in [0.25, 0.3) is 5.56 Å². The standard InChI is InChI=1S/C27H33N3O5/c1-3-6-18-9-10-22-24-20(16-29(22)26(18)32)21(17-31)25(27(33)28-11-13-35-14-12-28)30(24)15-19-7-4-5-8-23(19)34-2/h3-10,20-21,24-25,31H,11-17H2,1-2H3/b6-3+/t20-,21-,24+,25-/m1/s1. The third kappa shape index (κ3) is 4.09. The van der Waals surface area contributed by atoms with E-state index < -0.39 is 6.04 Å². The van der Waals surface area contributed by atoms with Crippen LogP contribution in [0.4, 0.5) is 0 Å². The van der Waals surface area contributed by atoms with Crippen molar-refractivity contribution in [2.24, 2.45) is 11.8 Å². The molecule has 1 N–H and O–H groups in total. The van der Waals surface area contributed by atoms with Crippen LogP contribution in [0.5, 0.6) is 5.75 Å². The smallest absolute Gasteiger partial charge is 0.258 e. The fourth-order valence-electron chi connectivity index (χ4n) is 6.09. The third-order valence-electron chi connectivity index (χ3n) is 7.69. The first-order valence-corrected chi connectivity index (χ1v) is 12.3. The SMILES string of the molecule is C/C=C/c1ccc2n(c1=O)C[C@@H]1[C@@H](CO)[C@H](C(=O)N3CCOCC3)N(Cc3ccccc3OC)[C@H]21.